The molecule has 0 saturated heterocycles. The SMILES string of the molecule is Nc1ccc(I)c2nsnc12. The highest BCUT2D eigenvalue weighted by Gasteiger charge is 2.04. The quantitative estimate of drug-likeness (QED) is 0.591. The normalized spacial score (nSPS) is 10.6. The van der Waals surface area contributed by atoms with Gasteiger partial charge in [0.25, 0.3) is 0 Å². The van der Waals surface area contributed by atoms with Crippen molar-refractivity contribution in [2.75, 3.05) is 5.73 Å². The average Bonchev–Trinajstić information content (AvgIpc) is 2.45. The van der Waals surface area contributed by atoms with Gasteiger partial charge in [-0.15, -0.1) is 0 Å². The molecule has 0 amide bonds. The van der Waals surface area contributed by atoms with Gasteiger partial charge in [0.15, 0.2) is 0 Å². The molecule has 0 saturated carbocycles. The van der Waals surface area contributed by atoms with Crippen LogP contribution in [-0.4, -0.2) is 8.75 Å². The van der Waals surface area contributed by atoms with Crippen molar-refractivity contribution < 1.29 is 0 Å². The van der Waals surface area contributed by atoms with Gasteiger partial charge >= 0.3 is 0 Å². The molecule has 0 spiro atoms. The molecule has 3 nitrogen and oxygen atoms in total. The molecule has 0 atom stereocenters. The first-order chi connectivity index (χ1) is 5.29. The first-order valence-electron chi connectivity index (χ1n) is 2.95. The molecule has 2 N–H and O–H groups in total. The van der Waals surface area contributed by atoms with Crippen molar-refractivity contribution in [1.82, 2.24) is 8.75 Å². The lowest BCUT2D eigenvalue weighted by Crippen LogP contribution is -1.87. The van der Waals surface area contributed by atoms with Crippen LogP contribution < -0.4 is 5.73 Å². The fourth-order valence-corrected chi connectivity index (χ4v) is 2.16. The predicted molar refractivity (Wildman–Crippen MR) is 54.5 cm³/mol. The largest absolute Gasteiger partial charge is 0.397 e. The van der Waals surface area contributed by atoms with Crippen LogP contribution in [-0.2, 0) is 0 Å². The maximum Gasteiger partial charge on any atom is 0.128 e. The van der Waals surface area contributed by atoms with Gasteiger partial charge in [0.05, 0.1) is 17.4 Å². The third kappa shape index (κ3) is 1.08. The van der Waals surface area contributed by atoms with Crippen LogP contribution in [0.5, 0.6) is 0 Å². The van der Waals surface area contributed by atoms with E-state index in [1.807, 2.05) is 12.1 Å². The third-order valence-electron chi connectivity index (χ3n) is 1.40. The van der Waals surface area contributed by atoms with Crippen molar-refractivity contribution >= 4 is 51.0 Å². The molecule has 5 heteroatoms. The van der Waals surface area contributed by atoms with Gasteiger partial charge in [-0.1, -0.05) is 0 Å². The molecule has 0 radical (unpaired) electrons. The van der Waals surface area contributed by atoms with Gasteiger partial charge in [0.1, 0.15) is 11.0 Å². The molecular formula is C6H4IN3S. The van der Waals surface area contributed by atoms with Gasteiger partial charge in [-0.25, -0.2) is 0 Å². The summed E-state index contributed by atoms with van der Waals surface area (Å²) in [6.07, 6.45) is 0. The molecule has 0 unspecified atom stereocenters. The Morgan fingerprint density at radius 1 is 1.27 bits per heavy atom. The number of hydrogen-bond donors (Lipinski definition) is 1. The zero-order valence-electron chi connectivity index (χ0n) is 5.41. The van der Waals surface area contributed by atoms with Crippen molar-refractivity contribution in [1.29, 1.82) is 0 Å². The lowest BCUT2D eigenvalue weighted by Gasteiger charge is -1.93. The van der Waals surface area contributed by atoms with Crippen molar-refractivity contribution in [3.05, 3.63) is 15.7 Å². The van der Waals surface area contributed by atoms with E-state index >= 15 is 0 Å². The molecule has 1 aromatic heterocycles. The Kier molecular flexibility index (Phi) is 1.68. The highest BCUT2D eigenvalue weighted by molar-refractivity contribution is 14.1. The van der Waals surface area contributed by atoms with Crippen molar-refractivity contribution in [3.63, 3.8) is 0 Å². The first kappa shape index (κ1) is 7.23. The average molecular weight is 277 g/mol. The lowest BCUT2D eigenvalue weighted by molar-refractivity contribution is 1.60. The molecule has 2 rings (SSSR count). The number of rotatable bonds is 0. The number of aromatic nitrogens is 2. The Morgan fingerprint density at radius 2 is 2.00 bits per heavy atom. The summed E-state index contributed by atoms with van der Waals surface area (Å²) in [6.45, 7) is 0. The Morgan fingerprint density at radius 3 is 2.73 bits per heavy atom. The molecular weight excluding hydrogens is 273 g/mol. The summed E-state index contributed by atoms with van der Waals surface area (Å²) < 4.78 is 9.30. The molecule has 56 valence electrons. The van der Waals surface area contributed by atoms with Gasteiger partial charge in [-0.3, -0.25) is 0 Å². The highest BCUT2D eigenvalue weighted by Crippen LogP contribution is 2.23. The van der Waals surface area contributed by atoms with E-state index in [2.05, 4.69) is 31.3 Å². The number of anilines is 1. The standard InChI is InChI=1S/C6H4IN3S/c7-3-1-2-4(8)6-5(3)9-11-10-6/h1-2H,8H2. The molecule has 0 aliphatic rings. The maximum absolute atomic E-state index is 5.67. The summed E-state index contributed by atoms with van der Waals surface area (Å²) >= 11 is 3.42. The van der Waals surface area contributed by atoms with Crippen molar-refractivity contribution in [2.45, 2.75) is 0 Å². The molecule has 1 aromatic carbocycles. The second kappa shape index (κ2) is 2.56. The monoisotopic (exact) mass is 277 g/mol. The maximum atomic E-state index is 5.67. The van der Waals surface area contributed by atoms with Crippen LogP contribution in [0, 0.1) is 3.57 Å². The fraction of sp³-hybridized carbons (Fsp3) is 0. The highest BCUT2D eigenvalue weighted by atomic mass is 127. The van der Waals surface area contributed by atoms with E-state index in [0.717, 1.165) is 14.6 Å². The van der Waals surface area contributed by atoms with E-state index in [0.29, 0.717) is 5.69 Å². The minimum absolute atomic E-state index is 0.703. The summed E-state index contributed by atoms with van der Waals surface area (Å²) in [4.78, 5) is 0. The van der Waals surface area contributed by atoms with E-state index in [9.17, 15) is 0 Å². The second-order valence-corrected chi connectivity index (χ2v) is 3.79. The van der Waals surface area contributed by atoms with Gasteiger partial charge in [-0.2, -0.15) is 8.75 Å². The van der Waals surface area contributed by atoms with Crippen LogP contribution in [0.15, 0.2) is 12.1 Å². The molecule has 11 heavy (non-hydrogen) atoms. The Balaban J connectivity index is 2.96. The third-order valence-corrected chi connectivity index (χ3v) is 2.80. The first-order valence-corrected chi connectivity index (χ1v) is 4.76. The smallest absolute Gasteiger partial charge is 0.128 e. The molecule has 1 heterocycles. The number of halogens is 1. The molecule has 0 fully saturated rings. The van der Waals surface area contributed by atoms with Crippen molar-refractivity contribution in [2.24, 2.45) is 0 Å². The summed E-state index contributed by atoms with van der Waals surface area (Å²) in [5.41, 5.74) is 8.11. The van der Waals surface area contributed by atoms with E-state index in [1.165, 1.54) is 11.7 Å². The number of fused-ring (bicyclic) bond motifs is 1. The van der Waals surface area contributed by atoms with Gasteiger partial charge in [-0.05, 0) is 34.7 Å². The van der Waals surface area contributed by atoms with E-state index < -0.39 is 0 Å². The van der Waals surface area contributed by atoms with Crippen LogP contribution in [0.25, 0.3) is 11.0 Å². The Hall–Kier alpha value is -0.430. The molecule has 0 aliphatic carbocycles. The zero-order chi connectivity index (χ0) is 7.84. The van der Waals surface area contributed by atoms with Crippen LogP contribution in [0.1, 0.15) is 0 Å². The minimum Gasteiger partial charge on any atom is -0.397 e. The van der Waals surface area contributed by atoms with Crippen LogP contribution in [0.3, 0.4) is 0 Å². The summed E-state index contributed by atoms with van der Waals surface area (Å²) in [5, 5.41) is 0. The van der Waals surface area contributed by atoms with Crippen molar-refractivity contribution in [3.8, 4) is 0 Å². The Bertz CT molecular complexity index is 362. The van der Waals surface area contributed by atoms with E-state index in [-0.39, 0.29) is 0 Å². The number of nitrogens with two attached hydrogens (primary N) is 1. The molecule has 0 aliphatic heterocycles. The van der Waals surface area contributed by atoms with Gasteiger partial charge < -0.3 is 5.73 Å². The van der Waals surface area contributed by atoms with Crippen LogP contribution in [0.2, 0.25) is 0 Å². The van der Waals surface area contributed by atoms with Gasteiger partial charge in [0.2, 0.25) is 0 Å². The molecule has 0 bridgehead atoms. The number of benzene rings is 1. The Labute approximate surface area is 81.1 Å². The topological polar surface area (TPSA) is 51.8 Å². The summed E-state index contributed by atoms with van der Waals surface area (Å²) in [6, 6.07) is 3.80. The predicted octanol–water partition coefficient (Wildman–Crippen LogP) is 1.88. The minimum atomic E-state index is 0.703. The van der Waals surface area contributed by atoms with Crippen LogP contribution in [0.4, 0.5) is 5.69 Å². The zero-order valence-corrected chi connectivity index (χ0v) is 8.39. The van der Waals surface area contributed by atoms with Gasteiger partial charge in [0, 0.05) is 3.57 Å². The van der Waals surface area contributed by atoms with Crippen LogP contribution >= 0.6 is 34.3 Å². The van der Waals surface area contributed by atoms with E-state index in [1.54, 1.807) is 0 Å². The lowest BCUT2D eigenvalue weighted by atomic mass is 10.3. The number of hydrogen-bond acceptors (Lipinski definition) is 4. The second-order valence-electron chi connectivity index (χ2n) is 2.10. The van der Waals surface area contributed by atoms with E-state index in [4.69, 9.17) is 5.73 Å². The molecule has 2 aromatic rings. The summed E-state index contributed by atoms with van der Waals surface area (Å²) in [7, 11) is 0. The number of nitrogen functional groups attached to an aromatic ring is 1. The number of nitrogens with zero attached hydrogens (tertiary/aromatic N) is 2. The summed E-state index contributed by atoms with van der Waals surface area (Å²) in [5.74, 6) is 0. The fourth-order valence-electron chi connectivity index (χ4n) is 0.855.